The van der Waals surface area contributed by atoms with Gasteiger partial charge in [-0.05, 0) is 30.2 Å². The molecule has 0 saturated heterocycles. The van der Waals surface area contributed by atoms with Crippen LogP contribution in [0.15, 0.2) is 24.3 Å². The third kappa shape index (κ3) is 4.77. The van der Waals surface area contributed by atoms with E-state index in [1.165, 1.54) is 25.3 Å². The van der Waals surface area contributed by atoms with E-state index in [9.17, 15) is 14.9 Å². The first-order valence-electron chi connectivity index (χ1n) is 8.55. The first kappa shape index (κ1) is 18.4. The highest BCUT2D eigenvalue weighted by Crippen LogP contribution is 2.37. The van der Waals surface area contributed by atoms with E-state index in [1.54, 1.807) is 18.2 Å². The van der Waals surface area contributed by atoms with Gasteiger partial charge in [-0.1, -0.05) is 45.7 Å². The molecule has 0 bridgehead atoms. The van der Waals surface area contributed by atoms with Gasteiger partial charge in [-0.25, -0.2) is 0 Å². The Morgan fingerprint density at radius 3 is 2.58 bits per heavy atom. The number of nitrogens with one attached hydrogen (secondary N) is 2. The highest BCUT2D eigenvalue weighted by atomic mass is 16.6. The van der Waals surface area contributed by atoms with Crippen LogP contribution in [0.4, 0.5) is 11.4 Å². The molecule has 1 saturated carbocycles. The Kier molecular flexibility index (Phi) is 5.94. The molecule has 1 aromatic carbocycles. The summed E-state index contributed by atoms with van der Waals surface area (Å²) in [6.45, 7) is 6.89. The van der Waals surface area contributed by atoms with Crippen molar-refractivity contribution < 1.29 is 9.72 Å². The van der Waals surface area contributed by atoms with Crippen LogP contribution in [0.2, 0.25) is 0 Å². The number of amides is 1. The molecule has 1 fully saturated rings. The summed E-state index contributed by atoms with van der Waals surface area (Å²) in [4.78, 5) is 22.7. The normalized spacial score (nSPS) is 21.3. The van der Waals surface area contributed by atoms with E-state index >= 15 is 0 Å². The molecule has 0 aliphatic heterocycles. The highest BCUT2D eigenvalue weighted by Gasteiger charge is 2.34. The predicted molar refractivity (Wildman–Crippen MR) is 94.9 cm³/mol. The third-order valence-electron chi connectivity index (χ3n) is 4.78. The van der Waals surface area contributed by atoms with Crippen molar-refractivity contribution in [3.05, 3.63) is 34.4 Å². The number of anilines is 1. The van der Waals surface area contributed by atoms with Gasteiger partial charge in [-0.3, -0.25) is 14.9 Å². The maximum Gasteiger partial charge on any atom is 0.292 e. The average molecular weight is 333 g/mol. The van der Waals surface area contributed by atoms with Crippen molar-refractivity contribution in [3.8, 4) is 0 Å². The molecule has 0 spiro atoms. The van der Waals surface area contributed by atoms with Gasteiger partial charge in [0.2, 0.25) is 5.91 Å². The summed E-state index contributed by atoms with van der Waals surface area (Å²) >= 11 is 0. The van der Waals surface area contributed by atoms with Crippen LogP contribution in [-0.2, 0) is 4.79 Å². The molecule has 0 heterocycles. The number of benzene rings is 1. The molecule has 6 nitrogen and oxygen atoms in total. The first-order chi connectivity index (χ1) is 11.3. The zero-order valence-electron chi connectivity index (χ0n) is 14.7. The number of hydrogen-bond donors (Lipinski definition) is 2. The number of nitro groups is 1. The Morgan fingerprint density at radius 1 is 1.25 bits per heavy atom. The summed E-state index contributed by atoms with van der Waals surface area (Å²) in [5.41, 5.74) is 0.355. The van der Waals surface area contributed by atoms with Gasteiger partial charge in [-0.2, -0.15) is 0 Å². The van der Waals surface area contributed by atoms with Crippen LogP contribution in [0, 0.1) is 21.4 Å². The van der Waals surface area contributed by atoms with Crippen molar-refractivity contribution in [2.75, 3.05) is 11.9 Å². The van der Waals surface area contributed by atoms with Crippen molar-refractivity contribution in [1.82, 2.24) is 5.32 Å². The molecule has 1 amide bonds. The molecule has 2 unspecified atom stereocenters. The number of carbonyl (C=O) groups is 1. The summed E-state index contributed by atoms with van der Waals surface area (Å²) < 4.78 is 0. The molecule has 1 aliphatic rings. The van der Waals surface area contributed by atoms with Crippen molar-refractivity contribution in [2.45, 2.75) is 52.5 Å². The van der Waals surface area contributed by atoms with Gasteiger partial charge in [0.1, 0.15) is 5.69 Å². The van der Waals surface area contributed by atoms with Crippen molar-refractivity contribution in [2.24, 2.45) is 11.3 Å². The van der Waals surface area contributed by atoms with E-state index in [4.69, 9.17) is 0 Å². The van der Waals surface area contributed by atoms with Crippen LogP contribution in [0.5, 0.6) is 0 Å². The molecule has 0 radical (unpaired) electrons. The molecule has 24 heavy (non-hydrogen) atoms. The lowest BCUT2D eigenvalue weighted by molar-refractivity contribution is -0.383. The summed E-state index contributed by atoms with van der Waals surface area (Å²) in [6.07, 6.45) is 4.66. The van der Waals surface area contributed by atoms with Crippen LogP contribution in [0.25, 0.3) is 0 Å². The fourth-order valence-corrected chi connectivity index (χ4v) is 3.57. The van der Waals surface area contributed by atoms with Gasteiger partial charge in [0.05, 0.1) is 11.5 Å². The van der Waals surface area contributed by atoms with Crippen LogP contribution >= 0.6 is 0 Å². The van der Waals surface area contributed by atoms with Gasteiger partial charge in [0, 0.05) is 12.1 Å². The van der Waals surface area contributed by atoms with E-state index < -0.39 is 4.92 Å². The average Bonchev–Trinajstić information content (AvgIpc) is 2.52. The predicted octanol–water partition coefficient (Wildman–Crippen LogP) is 3.73. The quantitative estimate of drug-likeness (QED) is 0.635. The largest absolute Gasteiger partial charge is 0.319 e. The van der Waals surface area contributed by atoms with E-state index in [0.29, 0.717) is 12.0 Å². The van der Waals surface area contributed by atoms with Crippen LogP contribution in [-0.4, -0.2) is 23.4 Å². The molecule has 132 valence electrons. The Bertz CT molecular complexity index is 595. The summed E-state index contributed by atoms with van der Waals surface area (Å²) in [5.74, 6) is 0.285. The van der Waals surface area contributed by atoms with Crippen LogP contribution in [0.1, 0.15) is 46.5 Å². The number of rotatable bonds is 5. The van der Waals surface area contributed by atoms with Gasteiger partial charge in [-0.15, -0.1) is 0 Å². The summed E-state index contributed by atoms with van der Waals surface area (Å²) in [7, 11) is 0. The Morgan fingerprint density at radius 2 is 1.92 bits per heavy atom. The first-order valence-corrected chi connectivity index (χ1v) is 8.55. The van der Waals surface area contributed by atoms with Crippen molar-refractivity contribution >= 4 is 17.3 Å². The second-order valence-corrected chi connectivity index (χ2v) is 7.57. The second-order valence-electron chi connectivity index (χ2n) is 7.57. The van der Waals surface area contributed by atoms with E-state index in [1.807, 2.05) is 0 Å². The third-order valence-corrected chi connectivity index (χ3v) is 4.78. The van der Waals surface area contributed by atoms with E-state index in [-0.39, 0.29) is 29.2 Å². The summed E-state index contributed by atoms with van der Waals surface area (Å²) in [5, 5.41) is 17.0. The summed E-state index contributed by atoms with van der Waals surface area (Å²) in [6, 6.07) is 6.51. The zero-order valence-corrected chi connectivity index (χ0v) is 14.7. The lowest BCUT2D eigenvalue weighted by Gasteiger charge is -2.40. The maximum absolute atomic E-state index is 12.2. The lowest BCUT2D eigenvalue weighted by Crippen LogP contribution is -2.46. The fraction of sp³-hybridized carbons (Fsp3) is 0.611. The minimum absolute atomic E-state index is 0.0870. The molecule has 2 atom stereocenters. The number of nitro benzene ring substituents is 1. The smallest absolute Gasteiger partial charge is 0.292 e. The van der Waals surface area contributed by atoms with Crippen LogP contribution < -0.4 is 10.6 Å². The van der Waals surface area contributed by atoms with E-state index in [0.717, 1.165) is 6.42 Å². The fourth-order valence-electron chi connectivity index (χ4n) is 3.57. The van der Waals surface area contributed by atoms with Gasteiger partial charge in [0.25, 0.3) is 5.69 Å². The minimum atomic E-state index is -0.486. The second kappa shape index (κ2) is 7.75. The Hall–Kier alpha value is -1.95. The molecule has 0 aromatic heterocycles. The maximum atomic E-state index is 12.2. The molecule has 2 rings (SSSR count). The molecular formula is C18H27N3O3. The number of hydrogen-bond acceptors (Lipinski definition) is 4. The minimum Gasteiger partial charge on any atom is -0.319 e. The SMILES string of the molecule is CC(C)(C)C1CCCCC1NCC(=O)Nc1ccccc1[N+](=O)[O-]. The molecule has 1 aromatic rings. The molecule has 1 aliphatic carbocycles. The standard InChI is InChI=1S/C18H27N3O3/c1-18(2,3)13-8-4-5-9-14(13)19-12-17(22)20-15-10-6-7-11-16(15)21(23)24/h6-7,10-11,13-14,19H,4-5,8-9,12H2,1-3H3,(H,20,22). The monoisotopic (exact) mass is 333 g/mol. The number of para-hydroxylation sites is 2. The van der Waals surface area contributed by atoms with Crippen LogP contribution in [0.3, 0.4) is 0 Å². The van der Waals surface area contributed by atoms with Gasteiger partial charge in [0.15, 0.2) is 0 Å². The topological polar surface area (TPSA) is 84.3 Å². The molecule has 2 N–H and O–H groups in total. The van der Waals surface area contributed by atoms with E-state index in [2.05, 4.69) is 31.4 Å². The lowest BCUT2D eigenvalue weighted by atomic mass is 9.69. The highest BCUT2D eigenvalue weighted by molar-refractivity contribution is 5.94. The number of nitrogens with zero attached hydrogens (tertiary/aromatic N) is 1. The molecule has 6 heteroatoms. The zero-order chi connectivity index (χ0) is 17.7. The number of carbonyl (C=O) groups excluding carboxylic acids is 1. The Labute approximate surface area is 143 Å². The van der Waals surface area contributed by atoms with Gasteiger partial charge >= 0.3 is 0 Å². The van der Waals surface area contributed by atoms with Crippen molar-refractivity contribution in [1.29, 1.82) is 0 Å². The van der Waals surface area contributed by atoms with Gasteiger partial charge < -0.3 is 10.6 Å². The Balaban J connectivity index is 1.94. The van der Waals surface area contributed by atoms with Crippen molar-refractivity contribution in [3.63, 3.8) is 0 Å². The molecular weight excluding hydrogens is 306 g/mol.